The molecular weight excluding hydrogens is 365 g/mol. The summed E-state index contributed by atoms with van der Waals surface area (Å²) in [7, 11) is 0. The molecule has 1 heterocycles. The van der Waals surface area contributed by atoms with E-state index in [-0.39, 0.29) is 27.3 Å². The smallest absolute Gasteiger partial charge is 0.294 e. The Morgan fingerprint density at radius 3 is 2.50 bits per heavy atom. The monoisotopic (exact) mass is 375 g/mol. The number of nitro groups is 1. The van der Waals surface area contributed by atoms with Crippen LogP contribution in [0.15, 0.2) is 41.2 Å². The first kappa shape index (κ1) is 17.6. The Balaban J connectivity index is 2.32. The van der Waals surface area contributed by atoms with Crippen molar-refractivity contribution in [2.45, 2.75) is 6.92 Å². The molecule has 0 unspecified atom stereocenters. The number of ketones is 1. The van der Waals surface area contributed by atoms with Crippen LogP contribution in [-0.2, 0) is 0 Å². The fraction of sp³-hybridized carbons (Fsp3) is 0.0588. The van der Waals surface area contributed by atoms with Crippen molar-refractivity contribution >= 4 is 45.5 Å². The van der Waals surface area contributed by atoms with Gasteiger partial charge < -0.3 is 10.3 Å². The van der Waals surface area contributed by atoms with E-state index < -0.39 is 27.6 Å². The molecule has 0 saturated heterocycles. The standard InChI is InChI=1S/C17H11ClFN3O4/c1-8(23)14-16(24)12-6-9(18)7-13(22(25)26)15(12)21-17(14)20-11-4-2-10(19)3-5-11/h2-7H,1H3,(H2,20,21,24). The van der Waals surface area contributed by atoms with Gasteiger partial charge in [-0.2, -0.15) is 0 Å². The zero-order valence-electron chi connectivity index (χ0n) is 13.3. The highest BCUT2D eigenvalue weighted by molar-refractivity contribution is 6.31. The zero-order valence-corrected chi connectivity index (χ0v) is 14.1. The second kappa shape index (κ2) is 6.57. The summed E-state index contributed by atoms with van der Waals surface area (Å²) in [6.45, 7) is 1.20. The minimum atomic E-state index is -0.693. The first-order chi connectivity index (χ1) is 12.3. The largest absolute Gasteiger partial charge is 0.341 e. The molecule has 26 heavy (non-hydrogen) atoms. The van der Waals surface area contributed by atoms with E-state index >= 15 is 0 Å². The SMILES string of the molecule is CC(=O)c1c(Nc2ccc(F)cc2)[nH]c2c([N+](=O)[O-])cc(Cl)cc2c1=O. The molecule has 0 bridgehead atoms. The van der Waals surface area contributed by atoms with Gasteiger partial charge in [-0.3, -0.25) is 19.7 Å². The molecule has 132 valence electrons. The molecule has 0 spiro atoms. The molecule has 0 aliphatic rings. The second-order valence-corrected chi connectivity index (χ2v) is 5.93. The number of non-ortho nitro benzene ring substituents is 1. The number of nitro benzene ring substituents is 1. The number of fused-ring (bicyclic) bond motifs is 1. The molecule has 2 aromatic carbocycles. The Kier molecular flexibility index (Phi) is 4.43. The number of aromatic amines is 1. The summed E-state index contributed by atoms with van der Waals surface area (Å²) in [6, 6.07) is 7.55. The topological polar surface area (TPSA) is 105 Å². The third kappa shape index (κ3) is 3.14. The third-order valence-electron chi connectivity index (χ3n) is 3.72. The lowest BCUT2D eigenvalue weighted by atomic mass is 10.1. The van der Waals surface area contributed by atoms with Gasteiger partial charge in [-0.1, -0.05) is 11.6 Å². The molecule has 1 aromatic heterocycles. The van der Waals surface area contributed by atoms with Gasteiger partial charge in [-0.05, 0) is 37.3 Å². The van der Waals surface area contributed by atoms with E-state index in [2.05, 4.69) is 10.3 Å². The third-order valence-corrected chi connectivity index (χ3v) is 3.93. The molecule has 0 atom stereocenters. The van der Waals surface area contributed by atoms with Gasteiger partial charge in [0.25, 0.3) is 5.69 Å². The van der Waals surface area contributed by atoms with Crippen molar-refractivity contribution in [2.75, 3.05) is 5.32 Å². The predicted octanol–water partition coefficient (Wildman–Crippen LogP) is 4.18. The van der Waals surface area contributed by atoms with Crippen molar-refractivity contribution in [1.82, 2.24) is 4.98 Å². The Morgan fingerprint density at radius 1 is 1.27 bits per heavy atom. The van der Waals surface area contributed by atoms with Crippen LogP contribution in [0.5, 0.6) is 0 Å². The summed E-state index contributed by atoms with van der Waals surface area (Å²) in [6.07, 6.45) is 0. The van der Waals surface area contributed by atoms with Crippen molar-refractivity contribution in [3.05, 3.63) is 73.1 Å². The number of Topliss-reactive ketones (excluding diaryl/α,β-unsaturated/α-hetero) is 1. The van der Waals surface area contributed by atoms with Gasteiger partial charge in [-0.25, -0.2) is 4.39 Å². The number of hydrogen-bond donors (Lipinski definition) is 2. The van der Waals surface area contributed by atoms with Crippen molar-refractivity contribution < 1.29 is 14.1 Å². The van der Waals surface area contributed by atoms with Gasteiger partial charge in [0, 0.05) is 16.8 Å². The van der Waals surface area contributed by atoms with Crippen LogP contribution < -0.4 is 10.7 Å². The highest BCUT2D eigenvalue weighted by Gasteiger charge is 2.22. The molecule has 0 saturated carbocycles. The van der Waals surface area contributed by atoms with Crippen LogP contribution in [0.2, 0.25) is 5.02 Å². The Labute approximate surface area is 150 Å². The number of benzene rings is 2. The van der Waals surface area contributed by atoms with Gasteiger partial charge in [0.1, 0.15) is 22.7 Å². The molecule has 7 nitrogen and oxygen atoms in total. The van der Waals surface area contributed by atoms with Gasteiger partial charge >= 0.3 is 0 Å². The maximum Gasteiger partial charge on any atom is 0.294 e. The molecule has 0 amide bonds. The average molecular weight is 376 g/mol. The number of anilines is 2. The molecule has 9 heteroatoms. The summed E-state index contributed by atoms with van der Waals surface area (Å²) < 4.78 is 13.1. The van der Waals surface area contributed by atoms with Crippen LogP contribution in [0.4, 0.5) is 21.6 Å². The van der Waals surface area contributed by atoms with Crippen LogP contribution in [0, 0.1) is 15.9 Å². The zero-order chi connectivity index (χ0) is 19.0. The van der Waals surface area contributed by atoms with E-state index in [0.717, 1.165) is 6.07 Å². The van der Waals surface area contributed by atoms with Gasteiger partial charge in [0.05, 0.1) is 10.3 Å². The summed E-state index contributed by atoms with van der Waals surface area (Å²) >= 11 is 5.86. The number of aromatic nitrogens is 1. The lowest BCUT2D eigenvalue weighted by molar-refractivity contribution is -0.383. The molecule has 2 N–H and O–H groups in total. The minimum Gasteiger partial charge on any atom is -0.341 e. The lowest BCUT2D eigenvalue weighted by Crippen LogP contribution is -2.18. The second-order valence-electron chi connectivity index (χ2n) is 5.50. The van der Waals surface area contributed by atoms with E-state index in [1.54, 1.807) is 0 Å². The molecular formula is C17H11ClFN3O4. The molecule has 0 radical (unpaired) electrons. The normalized spacial score (nSPS) is 10.7. The quantitative estimate of drug-likeness (QED) is 0.404. The van der Waals surface area contributed by atoms with Gasteiger partial charge in [-0.15, -0.1) is 0 Å². The van der Waals surface area contributed by atoms with Crippen LogP contribution >= 0.6 is 11.6 Å². The van der Waals surface area contributed by atoms with Crippen molar-refractivity contribution in [3.63, 3.8) is 0 Å². The van der Waals surface area contributed by atoms with Crippen molar-refractivity contribution in [2.24, 2.45) is 0 Å². The summed E-state index contributed by atoms with van der Waals surface area (Å²) in [5, 5.41) is 14.0. The Hall–Kier alpha value is -3.26. The van der Waals surface area contributed by atoms with Crippen LogP contribution in [0.1, 0.15) is 17.3 Å². The van der Waals surface area contributed by atoms with Gasteiger partial charge in [0.2, 0.25) is 5.43 Å². The summed E-state index contributed by atoms with van der Waals surface area (Å²) in [4.78, 5) is 38.1. The maximum atomic E-state index is 13.1. The van der Waals surface area contributed by atoms with E-state index in [4.69, 9.17) is 11.6 Å². The number of nitrogens with zero attached hydrogens (tertiary/aromatic N) is 1. The number of carbonyl (C=O) groups excluding carboxylic acids is 1. The van der Waals surface area contributed by atoms with Crippen molar-refractivity contribution in [1.29, 1.82) is 0 Å². The van der Waals surface area contributed by atoms with Gasteiger partial charge in [0.15, 0.2) is 5.78 Å². The van der Waals surface area contributed by atoms with E-state index in [0.29, 0.717) is 5.69 Å². The predicted molar refractivity (Wildman–Crippen MR) is 95.9 cm³/mol. The Morgan fingerprint density at radius 2 is 1.92 bits per heavy atom. The molecule has 3 rings (SSSR count). The highest BCUT2D eigenvalue weighted by atomic mass is 35.5. The van der Waals surface area contributed by atoms with E-state index in [9.17, 15) is 24.1 Å². The van der Waals surface area contributed by atoms with Crippen LogP contribution in [0.25, 0.3) is 10.9 Å². The number of nitrogens with one attached hydrogen (secondary N) is 2. The fourth-order valence-electron chi connectivity index (χ4n) is 2.59. The number of H-pyrrole nitrogens is 1. The molecule has 0 aliphatic carbocycles. The first-order valence-corrected chi connectivity index (χ1v) is 7.73. The fourth-order valence-corrected chi connectivity index (χ4v) is 2.80. The minimum absolute atomic E-state index is 0.00319. The summed E-state index contributed by atoms with van der Waals surface area (Å²) in [5.74, 6) is -1.02. The van der Waals surface area contributed by atoms with E-state index in [1.807, 2.05) is 0 Å². The number of halogens is 2. The first-order valence-electron chi connectivity index (χ1n) is 7.35. The number of hydrogen-bond acceptors (Lipinski definition) is 5. The number of pyridine rings is 1. The maximum absolute atomic E-state index is 13.1. The molecule has 0 fully saturated rings. The number of rotatable bonds is 4. The molecule has 0 aliphatic heterocycles. The lowest BCUT2D eigenvalue weighted by Gasteiger charge is -2.12. The number of carbonyl (C=O) groups is 1. The average Bonchev–Trinajstić information content (AvgIpc) is 2.56. The van der Waals surface area contributed by atoms with Crippen LogP contribution in [0.3, 0.4) is 0 Å². The highest BCUT2D eigenvalue weighted by Crippen LogP contribution is 2.29. The summed E-state index contributed by atoms with van der Waals surface area (Å²) in [5.41, 5.74) is -0.985. The van der Waals surface area contributed by atoms with E-state index in [1.165, 1.54) is 37.3 Å². The Bertz CT molecular complexity index is 1110. The van der Waals surface area contributed by atoms with Crippen LogP contribution in [-0.4, -0.2) is 15.7 Å². The molecule has 3 aromatic rings. The van der Waals surface area contributed by atoms with Crippen molar-refractivity contribution in [3.8, 4) is 0 Å².